The number of carbonyl (C=O) groups excluding carboxylic acids is 1. The number of aldehydes is 1. The summed E-state index contributed by atoms with van der Waals surface area (Å²) in [5.74, 6) is 0. The smallest absolute Gasteiger partial charge is 0.850 e. The zero-order valence-electron chi connectivity index (χ0n) is 24.9. The summed E-state index contributed by atoms with van der Waals surface area (Å²) in [6.45, 7) is 9.34. The van der Waals surface area contributed by atoms with Gasteiger partial charge in [0.2, 0.25) is 0 Å². The van der Waals surface area contributed by atoms with Crippen molar-refractivity contribution in [3.8, 4) is 0 Å². The molecule has 2 aromatic carbocycles. The fraction of sp³-hybridized carbons (Fsp3) is 0.281. The van der Waals surface area contributed by atoms with E-state index >= 15 is 0 Å². The van der Waals surface area contributed by atoms with Gasteiger partial charge in [-0.2, -0.15) is 0 Å². The number of rotatable bonds is 9. The molecule has 0 saturated carbocycles. The van der Waals surface area contributed by atoms with Crippen molar-refractivity contribution in [2.24, 2.45) is 0 Å². The van der Waals surface area contributed by atoms with Gasteiger partial charge in [-0.3, -0.25) is 9.36 Å². The zero-order valence-corrected chi connectivity index (χ0v) is 30.5. The van der Waals surface area contributed by atoms with Gasteiger partial charge in [0.15, 0.2) is 6.29 Å². The van der Waals surface area contributed by atoms with E-state index in [0.717, 1.165) is 16.7 Å². The molecule has 0 bridgehead atoms. The topological polar surface area (TPSA) is 75.7 Å². The first-order chi connectivity index (χ1) is 19.1. The molecule has 2 heterocycles. The molecule has 0 amide bonds. The second-order valence-corrected chi connectivity index (χ2v) is 13.1. The maximum absolute atomic E-state index is 12.1. The van der Waals surface area contributed by atoms with Gasteiger partial charge in [0.25, 0.3) is 0 Å². The van der Waals surface area contributed by atoms with E-state index in [2.05, 4.69) is 41.8 Å². The van der Waals surface area contributed by atoms with Gasteiger partial charge < -0.3 is 14.2 Å². The van der Waals surface area contributed by atoms with Crippen molar-refractivity contribution in [1.82, 2.24) is 0 Å². The predicted octanol–water partition coefficient (Wildman–Crippen LogP) is 6.08. The van der Waals surface area contributed by atoms with E-state index in [1.54, 1.807) is 38.2 Å². The van der Waals surface area contributed by atoms with Crippen molar-refractivity contribution in [3.05, 3.63) is 117 Å². The molecular formula is C32H40KO5PS2. The van der Waals surface area contributed by atoms with Crippen molar-refractivity contribution in [3.63, 3.8) is 0 Å². The minimum Gasteiger partial charge on any atom is -0.850 e. The van der Waals surface area contributed by atoms with Crippen LogP contribution in [-0.4, -0.2) is 25.1 Å². The Morgan fingerprint density at radius 1 is 0.756 bits per heavy atom. The van der Waals surface area contributed by atoms with Crippen molar-refractivity contribution >= 4 is 48.7 Å². The van der Waals surface area contributed by atoms with Crippen molar-refractivity contribution < 1.29 is 74.9 Å². The van der Waals surface area contributed by atoms with Gasteiger partial charge in [0.05, 0.1) is 24.3 Å². The van der Waals surface area contributed by atoms with Crippen LogP contribution in [0.25, 0.3) is 12.2 Å². The maximum Gasteiger partial charge on any atom is 1.00 e. The molecule has 0 radical (unpaired) electrons. The van der Waals surface area contributed by atoms with Crippen molar-refractivity contribution in [2.75, 3.05) is 13.2 Å². The molecule has 0 aliphatic carbocycles. The zero-order chi connectivity index (χ0) is 29.7. The van der Waals surface area contributed by atoms with Crippen LogP contribution in [0.4, 0.5) is 0 Å². The summed E-state index contributed by atoms with van der Waals surface area (Å²) in [6, 6.07) is 27.8. The van der Waals surface area contributed by atoms with Crippen LogP contribution in [0.1, 0.15) is 60.3 Å². The molecular weight excluding hydrogens is 599 g/mol. The van der Waals surface area contributed by atoms with E-state index in [-0.39, 0.29) is 51.4 Å². The third kappa shape index (κ3) is 22.2. The molecule has 0 atom stereocenters. The first kappa shape index (κ1) is 40.0. The molecule has 0 saturated heterocycles. The van der Waals surface area contributed by atoms with E-state index in [0.29, 0.717) is 19.4 Å². The average molecular weight is 639 g/mol. The fourth-order valence-corrected chi connectivity index (χ4v) is 5.66. The third-order valence-corrected chi connectivity index (χ3v) is 8.00. The Bertz CT molecular complexity index is 1210. The molecule has 41 heavy (non-hydrogen) atoms. The van der Waals surface area contributed by atoms with Gasteiger partial charge in [-0.05, 0) is 53.9 Å². The van der Waals surface area contributed by atoms with E-state index in [9.17, 15) is 14.5 Å². The van der Waals surface area contributed by atoms with Crippen LogP contribution in [-0.2, 0) is 19.8 Å². The number of thiophene rings is 2. The summed E-state index contributed by atoms with van der Waals surface area (Å²) in [7, 11) is -2.94. The average Bonchev–Trinajstić information content (AvgIpc) is 3.63. The molecule has 5 nitrogen and oxygen atoms in total. The second-order valence-electron chi connectivity index (χ2n) is 9.10. The van der Waals surface area contributed by atoms with Gasteiger partial charge in [-0.25, -0.2) is 0 Å². The Labute approximate surface area is 296 Å². The van der Waals surface area contributed by atoms with Gasteiger partial charge in [-0.1, -0.05) is 99.6 Å². The van der Waals surface area contributed by atoms with Crippen LogP contribution in [0, 0.1) is 0 Å². The van der Waals surface area contributed by atoms with E-state index in [4.69, 9.17) is 9.05 Å². The summed E-state index contributed by atoms with van der Waals surface area (Å²) in [5.41, 5.74) is 1.47. The Hall–Kier alpha value is -1.00. The first-order valence-corrected chi connectivity index (χ1v) is 16.4. The summed E-state index contributed by atoms with van der Waals surface area (Å²) in [6.07, 6.45) is 5.46. The molecule has 216 valence electrons. The molecule has 0 fully saturated rings. The second kappa shape index (κ2) is 23.5. The number of hydrogen-bond donors (Lipinski definition) is 0. The molecule has 0 N–H and O–H groups in total. The van der Waals surface area contributed by atoms with Gasteiger partial charge in [0, 0.05) is 4.88 Å². The molecule has 4 aromatic rings. The summed E-state index contributed by atoms with van der Waals surface area (Å²) < 4.78 is 22.6. The normalized spacial score (nSPS) is 10.6. The fourth-order valence-electron chi connectivity index (χ4n) is 2.82. The predicted molar refractivity (Wildman–Crippen MR) is 170 cm³/mol. The quantitative estimate of drug-likeness (QED) is 0.126. The standard InChI is InChI=1S/C12H10S.C11H17O3P.C5H4OS.C4H9O.K/c1-2-5-11(6-3-1)8-9-12-7-4-10-13-12;1-3-13-15(12,14-4-2)10-11-8-6-5-7-9-11;6-4-5-2-1-3-7-5;1-4(2,3)5;/h1-10H;5-9H,3-4,10H2,1-2H3;1-4H;1-3H3;/q;;;-1;+1/b9-8+;;;;. The first-order valence-electron chi connectivity index (χ1n) is 13.0. The molecule has 0 aliphatic rings. The Balaban J connectivity index is 0.000000558. The molecule has 9 heteroatoms. The monoisotopic (exact) mass is 638 g/mol. The Kier molecular flexibility index (Phi) is 22.9. The summed E-state index contributed by atoms with van der Waals surface area (Å²) >= 11 is 3.21. The molecule has 0 spiro atoms. The summed E-state index contributed by atoms with van der Waals surface area (Å²) in [4.78, 5) is 12.0. The molecule has 0 unspecified atom stereocenters. The van der Waals surface area contributed by atoms with Crippen LogP contribution < -0.4 is 56.5 Å². The minimum atomic E-state index is -2.94. The van der Waals surface area contributed by atoms with Crippen molar-refractivity contribution in [2.45, 2.75) is 46.4 Å². The van der Waals surface area contributed by atoms with Crippen molar-refractivity contribution in [1.29, 1.82) is 0 Å². The van der Waals surface area contributed by atoms with Gasteiger partial charge in [0.1, 0.15) is 0 Å². The van der Waals surface area contributed by atoms with E-state index in [1.807, 2.05) is 73.8 Å². The Morgan fingerprint density at radius 3 is 1.61 bits per heavy atom. The SMILES string of the molecule is C(=C\c1cccs1)/c1ccccc1.CC(C)(C)[O-].CCOP(=O)(Cc1ccccc1)OCC.O=Cc1cccs1.[K+]. The maximum atomic E-state index is 12.1. The molecule has 4 rings (SSSR count). The molecule has 0 aliphatic heterocycles. The third-order valence-electron chi connectivity index (χ3n) is 4.31. The number of carbonyl (C=O) groups is 1. The molecule has 2 aromatic heterocycles. The van der Waals surface area contributed by atoms with Crippen LogP contribution >= 0.6 is 30.3 Å². The largest absolute Gasteiger partial charge is 1.00 e. The Morgan fingerprint density at radius 2 is 1.22 bits per heavy atom. The van der Waals surface area contributed by atoms with E-state index < -0.39 is 13.2 Å². The van der Waals surface area contributed by atoms with E-state index in [1.165, 1.54) is 21.8 Å². The van der Waals surface area contributed by atoms with Crippen LogP contribution in [0.2, 0.25) is 0 Å². The van der Waals surface area contributed by atoms with Gasteiger partial charge >= 0.3 is 59.0 Å². The minimum absolute atomic E-state index is 0. The number of hydrogen-bond acceptors (Lipinski definition) is 7. The summed E-state index contributed by atoms with van der Waals surface area (Å²) in [5, 5.41) is 14.1. The van der Waals surface area contributed by atoms with Crippen LogP contribution in [0.3, 0.4) is 0 Å². The number of benzene rings is 2. The van der Waals surface area contributed by atoms with Gasteiger partial charge in [-0.15, -0.1) is 28.3 Å². The van der Waals surface area contributed by atoms with Crippen LogP contribution in [0.5, 0.6) is 0 Å². The van der Waals surface area contributed by atoms with Crippen LogP contribution in [0.15, 0.2) is 95.7 Å².